The van der Waals surface area contributed by atoms with E-state index in [2.05, 4.69) is 68.2 Å². The van der Waals surface area contributed by atoms with Gasteiger partial charge in [0.15, 0.2) is 0 Å². The van der Waals surface area contributed by atoms with Gasteiger partial charge in [-0.3, -0.25) is 9.80 Å². The number of nitrogens with one attached hydrogen (secondary N) is 1. The Morgan fingerprint density at radius 3 is 2.35 bits per heavy atom. The van der Waals surface area contributed by atoms with Crippen LogP contribution in [0.4, 0.5) is 4.79 Å². The van der Waals surface area contributed by atoms with E-state index in [1.807, 2.05) is 31.2 Å². The summed E-state index contributed by atoms with van der Waals surface area (Å²) in [5.41, 5.74) is 3.41. The molecule has 43 heavy (non-hydrogen) atoms. The fourth-order valence-corrected chi connectivity index (χ4v) is 6.56. The lowest BCUT2D eigenvalue weighted by Crippen LogP contribution is -2.48. The van der Waals surface area contributed by atoms with E-state index >= 15 is 0 Å². The molecule has 0 spiro atoms. The number of carbonyl (C=O) groups excluding carboxylic acids is 2. The van der Waals surface area contributed by atoms with Gasteiger partial charge in [-0.1, -0.05) is 70.2 Å². The van der Waals surface area contributed by atoms with Crippen molar-refractivity contribution in [2.45, 2.75) is 79.8 Å². The molecule has 2 amide bonds. The molecular weight excluding hydrogens is 538 g/mol. The quantitative estimate of drug-likeness (QED) is 0.248. The summed E-state index contributed by atoms with van der Waals surface area (Å²) < 4.78 is 11.6. The molecule has 0 bridgehead atoms. The molecule has 2 aliphatic heterocycles. The lowest BCUT2D eigenvalue weighted by molar-refractivity contribution is -0.139. The van der Waals surface area contributed by atoms with Crippen LogP contribution in [0.2, 0.25) is 0 Å². The molecule has 7 nitrogen and oxygen atoms in total. The minimum atomic E-state index is -0.574. The number of hydrogen-bond acceptors (Lipinski definition) is 5. The third-order valence-corrected chi connectivity index (χ3v) is 8.61. The van der Waals surface area contributed by atoms with Gasteiger partial charge < -0.3 is 14.8 Å². The zero-order valence-electron chi connectivity index (χ0n) is 27.0. The van der Waals surface area contributed by atoms with E-state index < -0.39 is 6.04 Å². The summed E-state index contributed by atoms with van der Waals surface area (Å²) in [5, 5.41) is 3.10. The average molecular weight is 590 g/mol. The number of esters is 1. The Morgan fingerprint density at radius 1 is 1.05 bits per heavy atom. The van der Waals surface area contributed by atoms with Crippen molar-refractivity contribution in [3.8, 4) is 5.75 Å². The molecule has 2 aromatic carbocycles. The zero-order chi connectivity index (χ0) is 31.0. The molecule has 0 radical (unpaired) electrons. The molecule has 0 aromatic heterocycles. The molecule has 1 saturated heterocycles. The predicted octanol–water partition coefficient (Wildman–Crippen LogP) is 7.34. The number of urea groups is 1. The van der Waals surface area contributed by atoms with E-state index in [1.54, 1.807) is 11.8 Å². The molecule has 2 aromatic rings. The van der Waals surface area contributed by atoms with Crippen molar-refractivity contribution in [3.05, 3.63) is 77.0 Å². The molecule has 1 unspecified atom stereocenters. The van der Waals surface area contributed by atoms with E-state index in [1.165, 1.54) is 5.56 Å². The predicted molar refractivity (Wildman–Crippen MR) is 172 cm³/mol. The van der Waals surface area contributed by atoms with Crippen LogP contribution in [0.25, 0.3) is 0 Å². The van der Waals surface area contributed by atoms with Gasteiger partial charge in [0, 0.05) is 18.8 Å². The Balaban J connectivity index is 1.40. The van der Waals surface area contributed by atoms with Crippen molar-refractivity contribution in [2.75, 3.05) is 32.8 Å². The summed E-state index contributed by atoms with van der Waals surface area (Å²) in [6.07, 6.45) is 4.21. The van der Waals surface area contributed by atoms with E-state index in [4.69, 9.17) is 9.47 Å². The van der Waals surface area contributed by atoms with Gasteiger partial charge in [0.25, 0.3) is 0 Å². The minimum Gasteiger partial charge on any atom is -0.493 e. The van der Waals surface area contributed by atoms with Gasteiger partial charge in [-0.2, -0.15) is 0 Å². The van der Waals surface area contributed by atoms with Crippen LogP contribution < -0.4 is 10.1 Å². The first-order valence-electron chi connectivity index (χ1n) is 16.0. The molecule has 2 heterocycles. The Kier molecular flexibility index (Phi) is 11.3. The van der Waals surface area contributed by atoms with Gasteiger partial charge >= 0.3 is 12.0 Å². The highest BCUT2D eigenvalue weighted by Gasteiger charge is 2.36. The third-order valence-electron chi connectivity index (χ3n) is 8.61. The normalized spacial score (nSPS) is 18.6. The highest BCUT2D eigenvalue weighted by atomic mass is 16.5. The van der Waals surface area contributed by atoms with E-state index in [0.29, 0.717) is 36.3 Å². The maximum Gasteiger partial charge on any atom is 0.338 e. The van der Waals surface area contributed by atoms with Gasteiger partial charge in [-0.15, -0.1) is 0 Å². The fraction of sp³-hybridized carbons (Fsp3) is 0.556. The number of amides is 2. The number of carbonyl (C=O) groups is 2. The first-order chi connectivity index (χ1) is 20.6. The molecule has 7 heteroatoms. The maximum absolute atomic E-state index is 13.4. The zero-order valence-corrected chi connectivity index (χ0v) is 27.0. The second-order valence-corrected chi connectivity index (χ2v) is 13.4. The second kappa shape index (κ2) is 14.9. The Labute approximate surface area is 258 Å². The standard InChI is InChI=1S/C36H51N3O4/c1-7-42-34(40)32-27(4)39(22-19-28-17-20-38(21-18-28)24-29-11-9-8-10-12-29)35(41)37-33(32)30-13-15-31(16-14-30)43-25-36(5,6)23-26(2)3/h8-16,26,28,33H,7,17-25H2,1-6H3,(H,37,41). The highest BCUT2D eigenvalue weighted by Crippen LogP contribution is 2.34. The molecule has 234 valence electrons. The van der Waals surface area contributed by atoms with Gasteiger partial charge in [0.05, 0.1) is 24.8 Å². The van der Waals surface area contributed by atoms with Crippen LogP contribution in [-0.2, 0) is 16.1 Å². The summed E-state index contributed by atoms with van der Waals surface area (Å²) in [4.78, 5) is 30.9. The lowest BCUT2D eigenvalue weighted by atomic mass is 9.85. The van der Waals surface area contributed by atoms with Crippen LogP contribution in [0.1, 0.15) is 84.4 Å². The topological polar surface area (TPSA) is 71.1 Å². The Hall–Kier alpha value is -3.32. The number of rotatable bonds is 13. The maximum atomic E-state index is 13.4. The molecule has 4 rings (SSSR count). The number of hydrogen-bond donors (Lipinski definition) is 1. The largest absolute Gasteiger partial charge is 0.493 e. The summed E-state index contributed by atoms with van der Waals surface area (Å²) in [5.74, 6) is 1.54. The molecular formula is C36H51N3O4. The van der Waals surface area contributed by atoms with Crippen molar-refractivity contribution < 1.29 is 19.1 Å². The van der Waals surface area contributed by atoms with E-state index in [-0.39, 0.29) is 24.0 Å². The van der Waals surface area contributed by atoms with E-state index in [9.17, 15) is 9.59 Å². The van der Waals surface area contributed by atoms with Crippen LogP contribution >= 0.6 is 0 Å². The number of ether oxygens (including phenoxy) is 2. The monoisotopic (exact) mass is 589 g/mol. The minimum absolute atomic E-state index is 0.0732. The summed E-state index contributed by atoms with van der Waals surface area (Å²) in [6, 6.07) is 17.6. The van der Waals surface area contributed by atoms with Crippen molar-refractivity contribution in [1.82, 2.24) is 15.1 Å². The van der Waals surface area contributed by atoms with Gasteiger partial charge in [-0.25, -0.2) is 9.59 Å². The second-order valence-electron chi connectivity index (χ2n) is 13.4. The van der Waals surface area contributed by atoms with Crippen LogP contribution in [0.5, 0.6) is 5.75 Å². The summed E-state index contributed by atoms with van der Waals surface area (Å²) in [6.45, 7) is 17.2. The van der Waals surface area contributed by atoms with Gasteiger partial charge in [-0.05, 0) is 93.1 Å². The summed E-state index contributed by atoms with van der Waals surface area (Å²) >= 11 is 0. The van der Waals surface area contributed by atoms with Crippen LogP contribution in [0.3, 0.4) is 0 Å². The molecule has 0 aliphatic carbocycles. The lowest BCUT2D eigenvalue weighted by Gasteiger charge is -2.37. The molecule has 1 fully saturated rings. The first-order valence-corrected chi connectivity index (χ1v) is 16.0. The van der Waals surface area contributed by atoms with Crippen molar-refractivity contribution >= 4 is 12.0 Å². The number of likely N-dealkylation sites (tertiary alicyclic amines) is 1. The fourth-order valence-electron chi connectivity index (χ4n) is 6.56. The molecule has 2 aliphatic rings. The van der Waals surface area contributed by atoms with Crippen LogP contribution in [0.15, 0.2) is 65.9 Å². The van der Waals surface area contributed by atoms with Gasteiger partial charge in [0.1, 0.15) is 5.75 Å². The molecule has 0 saturated carbocycles. The van der Waals surface area contributed by atoms with E-state index in [0.717, 1.165) is 56.6 Å². The average Bonchev–Trinajstić information content (AvgIpc) is 2.97. The number of benzene rings is 2. The first kappa shape index (κ1) is 32.6. The highest BCUT2D eigenvalue weighted by molar-refractivity contribution is 5.95. The number of allylic oxidation sites excluding steroid dienone is 1. The van der Waals surface area contributed by atoms with Gasteiger partial charge in [0.2, 0.25) is 0 Å². The number of nitrogens with zero attached hydrogens (tertiary/aromatic N) is 2. The van der Waals surface area contributed by atoms with Crippen molar-refractivity contribution in [3.63, 3.8) is 0 Å². The number of piperidine rings is 1. The van der Waals surface area contributed by atoms with Crippen molar-refractivity contribution in [2.24, 2.45) is 17.3 Å². The third kappa shape index (κ3) is 9.09. The summed E-state index contributed by atoms with van der Waals surface area (Å²) in [7, 11) is 0. The molecule has 1 N–H and O–H groups in total. The molecule has 1 atom stereocenters. The van der Waals surface area contributed by atoms with Crippen molar-refractivity contribution in [1.29, 1.82) is 0 Å². The van der Waals surface area contributed by atoms with Crippen LogP contribution in [0, 0.1) is 17.3 Å². The smallest absolute Gasteiger partial charge is 0.338 e. The Morgan fingerprint density at radius 2 is 1.72 bits per heavy atom. The van der Waals surface area contributed by atoms with Crippen LogP contribution in [-0.4, -0.2) is 54.6 Å². The SMILES string of the molecule is CCOC(=O)C1=C(C)N(CCC2CCN(Cc3ccccc3)CC2)C(=O)NC1c1ccc(OCC(C)(C)CC(C)C)cc1. The Bertz CT molecular complexity index is 1230.